The first-order valence-corrected chi connectivity index (χ1v) is 9.14. The van der Waals surface area contributed by atoms with Crippen molar-refractivity contribution in [3.05, 3.63) is 28.8 Å². The summed E-state index contributed by atoms with van der Waals surface area (Å²) in [6, 6.07) is 4.58. The Morgan fingerprint density at radius 2 is 2.04 bits per heavy atom. The number of para-hydroxylation sites is 1. The molecule has 1 heterocycles. The predicted octanol–water partition coefficient (Wildman–Crippen LogP) is 3.59. The fourth-order valence-electron chi connectivity index (χ4n) is 2.83. The average molecular weight is 383 g/mol. The van der Waals surface area contributed by atoms with Crippen LogP contribution in [0.4, 0.5) is 0 Å². The van der Waals surface area contributed by atoms with Gasteiger partial charge in [-0.2, -0.15) is 0 Å². The molecule has 0 saturated carbocycles. The Bertz CT molecular complexity index is 672. The topological polar surface area (TPSA) is 78.9 Å². The number of benzene rings is 1. The van der Waals surface area contributed by atoms with Crippen LogP contribution in [-0.2, 0) is 19.1 Å². The number of hydrogen-bond donors (Lipinski definition) is 0. The number of carbonyl (C=O) groups is 3. The van der Waals surface area contributed by atoms with Gasteiger partial charge in [0.1, 0.15) is 6.42 Å². The number of esters is 2. The van der Waals surface area contributed by atoms with E-state index in [1.807, 2.05) is 6.92 Å². The van der Waals surface area contributed by atoms with Crippen LogP contribution in [0.2, 0.25) is 5.02 Å². The molecular weight excluding hydrogens is 360 g/mol. The second-order valence-electron chi connectivity index (χ2n) is 6.06. The van der Waals surface area contributed by atoms with Crippen molar-refractivity contribution in [2.24, 2.45) is 5.92 Å². The molecule has 2 atom stereocenters. The summed E-state index contributed by atoms with van der Waals surface area (Å²) < 4.78 is 15.8. The molecule has 2 unspecified atom stereocenters. The summed E-state index contributed by atoms with van der Waals surface area (Å²) in [6.45, 7) is 4.34. The molecule has 0 N–H and O–H groups in total. The minimum atomic E-state index is -0.634. The van der Waals surface area contributed by atoms with E-state index in [2.05, 4.69) is 0 Å². The molecule has 1 aliphatic heterocycles. The Balaban J connectivity index is 2.14. The van der Waals surface area contributed by atoms with E-state index in [-0.39, 0.29) is 35.0 Å². The van der Waals surface area contributed by atoms with Gasteiger partial charge in [0.25, 0.3) is 0 Å². The predicted molar refractivity (Wildman–Crippen MR) is 95.4 cm³/mol. The quantitative estimate of drug-likeness (QED) is 0.310. The van der Waals surface area contributed by atoms with Gasteiger partial charge < -0.3 is 14.2 Å². The number of Topliss-reactive ketones (excluding diaryl/α,β-unsaturated/α-hetero) is 1. The van der Waals surface area contributed by atoms with Crippen molar-refractivity contribution < 1.29 is 28.6 Å². The standard InChI is InChI=1S/C19H23ClO6/c1-3-13-10-12(8-9-25-13)19(23)26-18-14(6-5-7-15(18)20)16(21)11-17(22)24-4-2/h5-7,12-13H,3-4,8-11H2,1-2H3. The Labute approximate surface area is 157 Å². The monoisotopic (exact) mass is 382 g/mol. The van der Waals surface area contributed by atoms with Gasteiger partial charge in [0, 0.05) is 6.61 Å². The number of hydrogen-bond acceptors (Lipinski definition) is 6. The maximum Gasteiger partial charge on any atom is 0.314 e. The SMILES string of the molecule is CCOC(=O)CC(=O)c1cccc(Cl)c1OC(=O)C1CCOC(CC)C1. The normalized spacial score (nSPS) is 19.7. The zero-order valence-electron chi connectivity index (χ0n) is 15.0. The van der Waals surface area contributed by atoms with Gasteiger partial charge in [0.15, 0.2) is 11.5 Å². The van der Waals surface area contributed by atoms with Gasteiger partial charge in [-0.1, -0.05) is 24.6 Å². The number of rotatable bonds is 7. The second kappa shape index (κ2) is 9.69. The largest absolute Gasteiger partial charge is 0.466 e. The van der Waals surface area contributed by atoms with Gasteiger partial charge in [-0.25, -0.2) is 0 Å². The smallest absolute Gasteiger partial charge is 0.314 e. The minimum absolute atomic E-state index is 0.00648. The first-order chi connectivity index (χ1) is 12.5. The van der Waals surface area contributed by atoms with Gasteiger partial charge in [0.2, 0.25) is 0 Å². The highest BCUT2D eigenvalue weighted by atomic mass is 35.5. The summed E-state index contributed by atoms with van der Waals surface area (Å²) in [4.78, 5) is 36.5. The molecule has 2 rings (SSSR count). The lowest BCUT2D eigenvalue weighted by molar-refractivity contribution is -0.144. The van der Waals surface area contributed by atoms with E-state index in [9.17, 15) is 14.4 Å². The molecule has 142 valence electrons. The van der Waals surface area contributed by atoms with Crippen molar-refractivity contribution in [3.8, 4) is 5.75 Å². The zero-order valence-corrected chi connectivity index (χ0v) is 15.7. The first-order valence-electron chi connectivity index (χ1n) is 8.76. The molecule has 1 saturated heterocycles. The minimum Gasteiger partial charge on any atom is -0.466 e. The van der Waals surface area contributed by atoms with Gasteiger partial charge in [-0.05, 0) is 38.3 Å². The van der Waals surface area contributed by atoms with Crippen molar-refractivity contribution in [1.29, 1.82) is 0 Å². The van der Waals surface area contributed by atoms with Crippen molar-refractivity contribution in [2.45, 2.75) is 45.6 Å². The molecular formula is C19H23ClO6. The van der Waals surface area contributed by atoms with Crippen LogP contribution in [0, 0.1) is 5.92 Å². The van der Waals surface area contributed by atoms with E-state index in [1.54, 1.807) is 13.0 Å². The number of carbonyl (C=O) groups excluding carboxylic acids is 3. The maximum atomic E-state index is 12.5. The molecule has 0 amide bonds. The third-order valence-electron chi connectivity index (χ3n) is 4.24. The summed E-state index contributed by atoms with van der Waals surface area (Å²) in [6.07, 6.45) is 1.54. The maximum absolute atomic E-state index is 12.5. The van der Waals surface area contributed by atoms with Crippen LogP contribution in [0.3, 0.4) is 0 Å². The second-order valence-corrected chi connectivity index (χ2v) is 6.47. The van der Waals surface area contributed by atoms with E-state index in [4.69, 9.17) is 25.8 Å². The average Bonchev–Trinajstić information content (AvgIpc) is 2.63. The fourth-order valence-corrected chi connectivity index (χ4v) is 3.05. The van der Waals surface area contributed by atoms with Crippen LogP contribution in [-0.4, -0.2) is 37.0 Å². The lowest BCUT2D eigenvalue weighted by atomic mass is 9.94. The molecule has 26 heavy (non-hydrogen) atoms. The molecule has 1 aliphatic rings. The third-order valence-corrected chi connectivity index (χ3v) is 4.53. The number of ether oxygens (including phenoxy) is 3. The Kier molecular flexibility index (Phi) is 7.60. The Morgan fingerprint density at radius 1 is 1.27 bits per heavy atom. The van der Waals surface area contributed by atoms with Crippen molar-refractivity contribution in [2.75, 3.05) is 13.2 Å². The van der Waals surface area contributed by atoms with Gasteiger partial charge in [-0.3, -0.25) is 14.4 Å². The molecule has 1 aromatic carbocycles. The first kappa shape index (κ1) is 20.4. The summed E-state index contributed by atoms with van der Waals surface area (Å²) >= 11 is 6.14. The van der Waals surface area contributed by atoms with E-state index in [1.165, 1.54) is 12.1 Å². The van der Waals surface area contributed by atoms with E-state index in [0.717, 1.165) is 6.42 Å². The molecule has 0 aromatic heterocycles. The summed E-state index contributed by atoms with van der Waals surface area (Å²) in [5.74, 6) is -1.90. The number of ketones is 1. The Morgan fingerprint density at radius 3 is 2.73 bits per heavy atom. The number of halogens is 1. The van der Waals surface area contributed by atoms with Crippen LogP contribution < -0.4 is 4.74 Å². The molecule has 0 aliphatic carbocycles. The molecule has 0 spiro atoms. The van der Waals surface area contributed by atoms with Crippen molar-refractivity contribution >= 4 is 29.3 Å². The molecule has 0 radical (unpaired) electrons. The van der Waals surface area contributed by atoms with Gasteiger partial charge in [0.05, 0.1) is 29.2 Å². The van der Waals surface area contributed by atoms with Crippen molar-refractivity contribution in [3.63, 3.8) is 0 Å². The molecule has 0 bridgehead atoms. The van der Waals surface area contributed by atoms with E-state index in [0.29, 0.717) is 19.4 Å². The van der Waals surface area contributed by atoms with Gasteiger partial charge >= 0.3 is 11.9 Å². The zero-order chi connectivity index (χ0) is 19.1. The highest BCUT2D eigenvalue weighted by Gasteiger charge is 2.30. The van der Waals surface area contributed by atoms with Crippen LogP contribution in [0.25, 0.3) is 0 Å². The third kappa shape index (κ3) is 5.29. The lowest BCUT2D eigenvalue weighted by Gasteiger charge is -2.27. The van der Waals surface area contributed by atoms with E-state index >= 15 is 0 Å². The summed E-state index contributed by atoms with van der Waals surface area (Å²) in [5, 5.41) is 0.146. The summed E-state index contributed by atoms with van der Waals surface area (Å²) in [7, 11) is 0. The highest BCUT2D eigenvalue weighted by Crippen LogP contribution is 2.32. The Hall–Kier alpha value is -1.92. The molecule has 1 fully saturated rings. The molecule has 7 heteroatoms. The molecule has 6 nitrogen and oxygen atoms in total. The van der Waals surface area contributed by atoms with Crippen molar-refractivity contribution in [1.82, 2.24) is 0 Å². The summed E-state index contributed by atoms with van der Waals surface area (Å²) in [5.41, 5.74) is 0.0954. The molecule has 1 aromatic rings. The fraction of sp³-hybridized carbons (Fsp3) is 0.526. The van der Waals surface area contributed by atoms with Crippen LogP contribution in [0.1, 0.15) is 49.9 Å². The van der Waals surface area contributed by atoms with Gasteiger partial charge in [-0.15, -0.1) is 0 Å². The lowest BCUT2D eigenvalue weighted by Crippen LogP contribution is -2.32. The highest BCUT2D eigenvalue weighted by molar-refractivity contribution is 6.33. The van der Waals surface area contributed by atoms with Crippen LogP contribution in [0.15, 0.2) is 18.2 Å². The van der Waals surface area contributed by atoms with Crippen LogP contribution in [0.5, 0.6) is 5.75 Å². The van der Waals surface area contributed by atoms with E-state index < -0.39 is 24.1 Å². The van der Waals surface area contributed by atoms with Crippen LogP contribution >= 0.6 is 11.6 Å².